The molecule has 0 aliphatic carbocycles. The van der Waals surface area contributed by atoms with Crippen LogP contribution in [0.2, 0.25) is 15.1 Å². The third-order valence-electron chi connectivity index (χ3n) is 4.32. The Bertz CT molecular complexity index is 1310. The van der Waals surface area contributed by atoms with Crippen LogP contribution in [-0.2, 0) is 10.0 Å². The van der Waals surface area contributed by atoms with Crippen molar-refractivity contribution in [2.24, 2.45) is 0 Å². The van der Waals surface area contributed by atoms with Crippen molar-refractivity contribution in [1.82, 2.24) is 9.89 Å². The second kappa shape index (κ2) is 8.32. The predicted molar refractivity (Wildman–Crippen MR) is 121 cm³/mol. The van der Waals surface area contributed by atoms with E-state index >= 15 is 0 Å². The van der Waals surface area contributed by atoms with Gasteiger partial charge in [-0.25, -0.2) is 0 Å². The van der Waals surface area contributed by atoms with Crippen LogP contribution in [0.3, 0.4) is 0 Å². The summed E-state index contributed by atoms with van der Waals surface area (Å²) in [6, 6.07) is 21.9. The zero-order valence-corrected chi connectivity index (χ0v) is 18.3. The molecule has 30 heavy (non-hydrogen) atoms. The van der Waals surface area contributed by atoms with Crippen molar-refractivity contribution in [3.8, 4) is 22.5 Å². The minimum atomic E-state index is -3.87. The zero-order valence-electron chi connectivity index (χ0n) is 15.3. The molecule has 0 spiro atoms. The molecular formula is C21H14Cl3N3O2S. The van der Waals surface area contributed by atoms with Crippen molar-refractivity contribution in [3.05, 3.63) is 93.9 Å². The molecule has 0 saturated carbocycles. The van der Waals surface area contributed by atoms with Gasteiger partial charge in [0, 0.05) is 16.1 Å². The molecule has 0 unspecified atom stereocenters. The maximum Gasteiger partial charge on any atom is 0.276 e. The van der Waals surface area contributed by atoms with Gasteiger partial charge in [-0.15, -0.1) is 0 Å². The molecule has 1 N–H and O–H groups in total. The van der Waals surface area contributed by atoms with Crippen LogP contribution in [-0.4, -0.2) is 18.3 Å². The van der Waals surface area contributed by atoms with Crippen molar-refractivity contribution in [2.45, 2.75) is 4.90 Å². The molecule has 9 heteroatoms. The molecule has 5 nitrogen and oxygen atoms in total. The first kappa shape index (κ1) is 20.8. The van der Waals surface area contributed by atoms with Crippen LogP contribution in [0.5, 0.6) is 0 Å². The molecule has 152 valence electrons. The fourth-order valence-electron chi connectivity index (χ4n) is 2.84. The van der Waals surface area contributed by atoms with E-state index in [1.54, 1.807) is 66.7 Å². The van der Waals surface area contributed by atoms with E-state index in [-0.39, 0.29) is 4.90 Å². The van der Waals surface area contributed by atoms with Crippen LogP contribution in [0.15, 0.2) is 83.8 Å². The van der Waals surface area contributed by atoms with Crippen LogP contribution < -0.4 is 4.83 Å². The Hall–Kier alpha value is -2.51. The Morgan fingerprint density at radius 1 is 0.767 bits per heavy atom. The molecule has 4 aromatic rings. The van der Waals surface area contributed by atoms with Crippen LogP contribution in [0.4, 0.5) is 0 Å². The van der Waals surface area contributed by atoms with Gasteiger partial charge >= 0.3 is 0 Å². The van der Waals surface area contributed by atoms with Gasteiger partial charge in [0.15, 0.2) is 0 Å². The van der Waals surface area contributed by atoms with E-state index in [0.29, 0.717) is 32.0 Å². The lowest BCUT2D eigenvalue weighted by Crippen LogP contribution is -2.25. The van der Waals surface area contributed by atoms with E-state index in [1.165, 1.54) is 16.9 Å². The summed E-state index contributed by atoms with van der Waals surface area (Å²) in [5.41, 5.74) is 2.48. The predicted octanol–water partition coefficient (Wildman–Crippen LogP) is 6.11. The average Bonchev–Trinajstić information content (AvgIpc) is 3.14. The van der Waals surface area contributed by atoms with Gasteiger partial charge in [-0.2, -0.15) is 23.1 Å². The number of aromatic nitrogens is 2. The maximum atomic E-state index is 12.9. The first-order valence-electron chi connectivity index (χ1n) is 8.73. The third kappa shape index (κ3) is 4.32. The summed E-state index contributed by atoms with van der Waals surface area (Å²) in [4.78, 5) is 3.85. The van der Waals surface area contributed by atoms with E-state index in [4.69, 9.17) is 34.8 Å². The molecule has 0 atom stereocenters. The lowest BCUT2D eigenvalue weighted by molar-refractivity contribution is 0.592. The van der Waals surface area contributed by atoms with E-state index in [2.05, 4.69) is 9.93 Å². The number of benzene rings is 3. The SMILES string of the molecule is O=S(=O)(Nn1nc(-c2ccc(Cl)cc2)cc1-c1ccc(Cl)c(Cl)c1)c1ccccc1. The Balaban J connectivity index is 1.83. The maximum absolute atomic E-state index is 12.9. The Morgan fingerprint density at radius 2 is 1.43 bits per heavy atom. The first-order valence-corrected chi connectivity index (χ1v) is 11.3. The number of halogens is 3. The Kier molecular flexibility index (Phi) is 5.75. The van der Waals surface area contributed by atoms with E-state index in [1.807, 2.05) is 0 Å². The van der Waals surface area contributed by atoms with Crippen molar-refractivity contribution in [2.75, 3.05) is 4.83 Å². The van der Waals surface area contributed by atoms with Gasteiger partial charge in [0.2, 0.25) is 0 Å². The molecular weight excluding hydrogens is 465 g/mol. The first-order chi connectivity index (χ1) is 14.3. The van der Waals surface area contributed by atoms with Gasteiger partial charge in [-0.3, -0.25) is 0 Å². The second-order valence-corrected chi connectivity index (χ2v) is 9.28. The van der Waals surface area contributed by atoms with Gasteiger partial charge in [-0.05, 0) is 42.5 Å². The molecule has 0 amide bonds. The summed E-state index contributed by atoms with van der Waals surface area (Å²) < 4.78 is 25.7. The summed E-state index contributed by atoms with van der Waals surface area (Å²) in [6.07, 6.45) is 0. The molecule has 4 rings (SSSR count). The highest BCUT2D eigenvalue weighted by Crippen LogP contribution is 2.31. The van der Waals surface area contributed by atoms with Crippen molar-refractivity contribution in [3.63, 3.8) is 0 Å². The second-order valence-electron chi connectivity index (χ2n) is 6.37. The molecule has 0 radical (unpaired) electrons. The van der Waals surface area contributed by atoms with E-state index in [9.17, 15) is 8.42 Å². The topological polar surface area (TPSA) is 64.0 Å². The Morgan fingerprint density at radius 3 is 2.10 bits per heavy atom. The number of hydrogen-bond donors (Lipinski definition) is 1. The van der Waals surface area contributed by atoms with Gasteiger partial charge in [0.1, 0.15) is 0 Å². The standard InChI is InChI=1S/C21H14Cl3N3O2S/c22-16-9-6-14(7-10-16)20-13-21(15-8-11-18(23)19(24)12-15)27(25-20)26-30(28,29)17-4-2-1-3-5-17/h1-13,26H. The number of nitrogens with zero attached hydrogens (tertiary/aromatic N) is 2. The average molecular weight is 479 g/mol. The third-order valence-corrected chi connectivity index (χ3v) is 6.62. The molecule has 0 aliphatic rings. The van der Waals surface area contributed by atoms with E-state index in [0.717, 1.165) is 5.56 Å². The lowest BCUT2D eigenvalue weighted by Gasteiger charge is -2.11. The lowest BCUT2D eigenvalue weighted by atomic mass is 10.1. The van der Waals surface area contributed by atoms with Gasteiger partial charge in [-0.1, -0.05) is 71.2 Å². The molecule has 1 heterocycles. The van der Waals surface area contributed by atoms with Crippen molar-refractivity contribution in [1.29, 1.82) is 0 Å². The summed E-state index contributed by atoms with van der Waals surface area (Å²) in [5, 5.41) is 5.79. The zero-order chi connectivity index (χ0) is 21.3. The molecule has 3 aromatic carbocycles. The van der Waals surface area contributed by atoms with E-state index < -0.39 is 10.0 Å². The summed E-state index contributed by atoms with van der Waals surface area (Å²) in [7, 11) is -3.87. The number of hydrogen-bond acceptors (Lipinski definition) is 3. The van der Waals surface area contributed by atoms with Crippen LogP contribution >= 0.6 is 34.8 Å². The van der Waals surface area contributed by atoms with Crippen LogP contribution in [0, 0.1) is 0 Å². The highest BCUT2D eigenvalue weighted by molar-refractivity contribution is 7.92. The monoisotopic (exact) mass is 477 g/mol. The minimum absolute atomic E-state index is 0.119. The number of rotatable bonds is 5. The number of nitrogens with one attached hydrogen (secondary N) is 1. The van der Waals surface area contributed by atoms with Crippen LogP contribution in [0.1, 0.15) is 0 Å². The fraction of sp³-hybridized carbons (Fsp3) is 0. The molecule has 0 aliphatic heterocycles. The normalized spacial score (nSPS) is 11.4. The highest BCUT2D eigenvalue weighted by atomic mass is 35.5. The van der Waals surface area contributed by atoms with Gasteiger partial charge in [0.05, 0.1) is 26.3 Å². The fourth-order valence-corrected chi connectivity index (χ4v) is 4.25. The minimum Gasteiger partial charge on any atom is -0.200 e. The summed E-state index contributed by atoms with van der Waals surface area (Å²) in [6.45, 7) is 0. The van der Waals surface area contributed by atoms with Crippen molar-refractivity contribution >= 4 is 44.8 Å². The largest absolute Gasteiger partial charge is 0.276 e. The molecule has 0 bridgehead atoms. The number of sulfonamides is 1. The quantitative estimate of drug-likeness (QED) is 0.376. The van der Waals surface area contributed by atoms with Gasteiger partial charge in [0.25, 0.3) is 10.0 Å². The molecule has 1 aromatic heterocycles. The van der Waals surface area contributed by atoms with Crippen molar-refractivity contribution < 1.29 is 8.42 Å². The summed E-state index contributed by atoms with van der Waals surface area (Å²) >= 11 is 18.2. The van der Waals surface area contributed by atoms with Crippen LogP contribution in [0.25, 0.3) is 22.5 Å². The summed E-state index contributed by atoms with van der Waals surface area (Å²) in [5.74, 6) is 0. The molecule has 0 fully saturated rings. The van der Waals surface area contributed by atoms with Gasteiger partial charge < -0.3 is 0 Å². The molecule has 0 saturated heterocycles. The highest BCUT2D eigenvalue weighted by Gasteiger charge is 2.19. The smallest absolute Gasteiger partial charge is 0.200 e. The Labute approximate surface area is 188 Å².